The number of hydrogen-bond acceptors (Lipinski definition) is 3. The van der Waals surface area contributed by atoms with Crippen LogP contribution in [0.25, 0.3) is 0 Å². The molecule has 2 atom stereocenters. The van der Waals surface area contributed by atoms with E-state index in [2.05, 4.69) is 19.0 Å². The summed E-state index contributed by atoms with van der Waals surface area (Å²) < 4.78 is 0. The molecule has 0 aromatic heterocycles. The van der Waals surface area contributed by atoms with Crippen LogP contribution in [-0.2, 0) is 0 Å². The van der Waals surface area contributed by atoms with Crippen LogP contribution >= 0.6 is 0 Å². The lowest BCUT2D eigenvalue weighted by molar-refractivity contribution is 0.0134. The molecule has 0 aromatic carbocycles. The molecule has 0 spiro atoms. The number of hydrogen-bond donors (Lipinski definition) is 2. The second-order valence-corrected chi connectivity index (χ2v) is 4.83. The highest BCUT2D eigenvalue weighted by molar-refractivity contribution is 5.61. The highest BCUT2D eigenvalue weighted by atomic mass is 16.4. The Balaban J connectivity index is 4.15. The Bertz CT molecular complexity index is 190. The minimum atomic E-state index is -0.743. The minimum absolute atomic E-state index is 0.0330. The first kappa shape index (κ1) is 15.4. The Kier molecular flexibility index (Phi) is 8.26. The van der Waals surface area contributed by atoms with Crippen LogP contribution in [-0.4, -0.2) is 22.1 Å². The van der Waals surface area contributed by atoms with E-state index < -0.39 is 5.60 Å². The fourth-order valence-electron chi connectivity index (χ4n) is 2.11. The van der Waals surface area contributed by atoms with Crippen molar-refractivity contribution >= 4 is 6.21 Å². The van der Waals surface area contributed by atoms with E-state index in [0.717, 1.165) is 25.7 Å². The summed E-state index contributed by atoms with van der Waals surface area (Å²) in [5, 5.41) is 22.0. The van der Waals surface area contributed by atoms with Crippen LogP contribution in [0.1, 0.15) is 65.7 Å². The molecule has 3 nitrogen and oxygen atoms in total. The standard InChI is InChI=1S/C13H27NO2/c1-4-6-7-8-9-12(11-14-16)13(3,15)10-5-2/h11-12,15-16H,4-10H2,1-3H3/b14-11-/t12-,13-/m1/s1. The Morgan fingerprint density at radius 1 is 1.19 bits per heavy atom. The van der Waals surface area contributed by atoms with Gasteiger partial charge >= 0.3 is 0 Å². The summed E-state index contributed by atoms with van der Waals surface area (Å²) in [4.78, 5) is 0. The van der Waals surface area contributed by atoms with Crippen LogP contribution in [0.5, 0.6) is 0 Å². The molecule has 0 aliphatic carbocycles. The van der Waals surface area contributed by atoms with Gasteiger partial charge in [-0.2, -0.15) is 0 Å². The highest BCUT2D eigenvalue weighted by Crippen LogP contribution is 2.26. The molecule has 0 rings (SSSR count). The molecule has 96 valence electrons. The van der Waals surface area contributed by atoms with Crippen molar-refractivity contribution in [3.63, 3.8) is 0 Å². The summed E-state index contributed by atoms with van der Waals surface area (Å²) in [6.45, 7) is 6.07. The zero-order valence-electron chi connectivity index (χ0n) is 10.9. The van der Waals surface area contributed by atoms with Crippen LogP contribution < -0.4 is 0 Å². The molecule has 0 saturated heterocycles. The third-order valence-corrected chi connectivity index (χ3v) is 3.17. The summed E-state index contributed by atoms with van der Waals surface area (Å²) in [7, 11) is 0. The monoisotopic (exact) mass is 229 g/mol. The first-order valence-electron chi connectivity index (χ1n) is 6.48. The third kappa shape index (κ3) is 6.11. The first-order chi connectivity index (χ1) is 7.58. The zero-order valence-corrected chi connectivity index (χ0v) is 10.9. The second-order valence-electron chi connectivity index (χ2n) is 4.83. The van der Waals surface area contributed by atoms with E-state index in [1.54, 1.807) is 0 Å². The lowest BCUT2D eigenvalue weighted by Crippen LogP contribution is -2.35. The van der Waals surface area contributed by atoms with Gasteiger partial charge in [0.15, 0.2) is 0 Å². The van der Waals surface area contributed by atoms with E-state index in [4.69, 9.17) is 5.21 Å². The summed E-state index contributed by atoms with van der Waals surface area (Å²) in [5.41, 5.74) is -0.743. The second kappa shape index (κ2) is 8.57. The fourth-order valence-corrected chi connectivity index (χ4v) is 2.11. The van der Waals surface area contributed by atoms with E-state index in [1.807, 2.05) is 6.92 Å². The maximum atomic E-state index is 10.3. The molecule has 0 heterocycles. The van der Waals surface area contributed by atoms with Crippen LogP contribution in [0.3, 0.4) is 0 Å². The number of nitrogens with zero attached hydrogens (tertiary/aromatic N) is 1. The smallest absolute Gasteiger partial charge is 0.0698 e. The largest absolute Gasteiger partial charge is 0.411 e. The quantitative estimate of drug-likeness (QED) is 0.275. The van der Waals surface area contributed by atoms with E-state index in [0.29, 0.717) is 0 Å². The van der Waals surface area contributed by atoms with Gasteiger partial charge in [0.1, 0.15) is 0 Å². The van der Waals surface area contributed by atoms with Crippen molar-refractivity contribution in [1.29, 1.82) is 0 Å². The molecule has 0 bridgehead atoms. The van der Waals surface area contributed by atoms with Gasteiger partial charge in [0.25, 0.3) is 0 Å². The van der Waals surface area contributed by atoms with E-state index >= 15 is 0 Å². The van der Waals surface area contributed by atoms with Gasteiger partial charge in [-0.05, 0) is 19.8 Å². The maximum absolute atomic E-state index is 10.3. The van der Waals surface area contributed by atoms with Gasteiger partial charge in [-0.15, -0.1) is 5.16 Å². The zero-order chi connectivity index (χ0) is 12.4. The minimum Gasteiger partial charge on any atom is -0.411 e. The van der Waals surface area contributed by atoms with Gasteiger partial charge < -0.3 is 10.3 Å². The maximum Gasteiger partial charge on any atom is 0.0698 e. The van der Waals surface area contributed by atoms with Gasteiger partial charge in [-0.25, -0.2) is 0 Å². The van der Waals surface area contributed by atoms with Gasteiger partial charge in [-0.3, -0.25) is 0 Å². The highest BCUT2D eigenvalue weighted by Gasteiger charge is 2.29. The molecule has 16 heavy (non-hydrogen) atoms. The molecule has 0 aromatic rings. The normalized spacial score (nSPS) is 17.5. The SMILES string of the molecule is CCCCCC[C@H](/C=N\O)[C@](C)(O)CCC. The molecule has 0 saturated carbocycles. The van der Waals surface area contributed by atoms with Crippen LogP contribution in [0.2, 0.25) is 0 Å². The molecule has 0 fully saturated rings. The Morgan fingerprint density at radius 3 is 2.38 bits per heavy atom. The average molecular weight is 229 g/mol. The van der Waals surface area contributed by atoms with E-state index in [1.165, 1.54) is 25.5 Å². The molecule has 3 heteroatoms. The molecule has 0 aliphatic rings. The van der Waals surface area contributed by atoms with Crippen molar-refractivity contribution in [1.82, 2.24) is 0 Å². The number of oxime groups is 1. The van der Waals surface area contributed by atoms with Crippen molar-refractivity contribution in [3.8, 4) is 0 Å². The summed E-state index contributed by atoms with van der Waals surface area (Å²) in [6, 6.07) is 0. The van der Waals surface area contributed by atoms with Gasteiger partial charge in [0, 0.05) is 12.1 Å². The third-order valence-electron chi connectivity index (χ3n) is 3.17. The molecule has 0 radical (unpaired) electrons. The summed E-state index contributed by atoms with van der Waals surface area (Å²) >= 11 is 0. The van der Waals surface area contributed by atoms with E-state index in [9.17, 15) is 5.11 Å². The average Bonchev–Trinajstić information content (AvgIpc) is 2.22. The predicted octanol–water partition coefficient (Wildman–Crippen LogP) is 3.58. The van der Waals surface area contributed by atoms with Crippen molar-refractivity contribution in [3.05, 3.63) is 0 Å². The molecule has 0 unspecified atom stereocenters. The van der Waals surface area contributed by atoms with Gasteiger partial charge in [0.05, 0.1) is 5.60 Å². The summed E-state index contributed by atoms with van der Waals surface area (Å²) in [6.07, 6.45) is 8.80. The number of aliphatic hydroxyl groups is 1. The Morgan fingerprint density at radius 2 is 1.88 bits per heavy atom. The van der Waals surface area contributed by atoms with Crippen molar-refractivity contribution in [2.75, 3.05) is 0 Å². The first-order valence-corrected chi connectivity index (χ1v) is 6.48. The molecular formula is C13H27NO2. The predicted molar refractivity (Wildman–Crippen MR) is 68.1 cm³/mol. The van der Waals surface area contributed by atoms with Gasteiger partial charge in [0.2, 0.25) is 0 Å². The number of unbranched alkanes of at least 4 members (excludes halogenated alkanes) is 3. The lowest BCUT2D eigenvalue weighted by Gasteiger charge is -2.29. The summed E-state index contributed by atoms with van der Waals surface area (Å²) in [5.74, 6) is -0.0330. The molecule has 2 N–H and O–H groups in total. The lowest BCUT2D eigenvalue weighted by atomic mass is 9.82. The van der Waals surface area contributed by atoms with Crippen molar-refractivity contribution in [2.45, 2.75) is 71.3 Å². The van der Waals surface area contributed by atoms with Crippen LogP contribution in [0.15, 0.2) is 5.16 Å². The Hall–Kier alpha value is -0.570. The van der Waals surface area contributed by atoms with Crippen molar-refractivity contribution < 1.29 is 10.3 Å². The molecular weight excluding hydrogens is 202 g/mol. The van der Waals surface area contributed by atoms with Crippen LogP contribution in [0, 0.1) is 5.92 Å². The number of rotatable bonds is 9. The Labute approximate surface area is 99.6 Å². The van der Waals surface area contributed by atoms with Crippen LogP contribution in [0.4, 0.5) is 0 Å². The topological polar surface area (TPSA) is 52.8 Å². The molecule has 0 amide bonds. The van der Waals surface area contributed by atoms with E-state index in [-0.39, 0.29) is 5.92 Å². The fraction of sp³-hybridized carbons (Fsp3) is 0.923. The van der Waals surface area contributed by atoms with Crippen molar-refractivity contribution in [2.24, 2.45) is 11.1 Å². The molecule has 0 aliphatic heterocycles. The van der Waals surface area contributed by atoms with Gasteiger partial charge in [-0.1, -0.05) is 46.0 Å².